The van der Waals surface area contributed by atoms with E-state index in [9.17, 15) is 22.8 Å². The van der Waals surface area contributed by atoms with Gasteiger partial charge in [-0.25, -0.2) is 27.5 Å². The summed E-state index contributed by atoms with van der Waals surface area (Å²) in [5.41, 5.74) is -0.982. The maximum atomic E-state index is 14.6. The predicted octanol–water partition coefficient (Wildman–Crippen LogP) is 3.47. The maximum Gasteiger partial charge on any atom is 0.337 e. The van der Waals surface area contributed by atoms with E-state index < -0.39 is 28.7 Å². The fraction of sp³-hybridized carbons (Fsp3) is 0.227. The molecule has 0 radical (unpaired) electrons. The van der Waals surface area contributed by atoms with E-state index in [1.165, 1.54) is 23.0 Å². The number of hydrogen-bond acceptors (Lipinski definition) is 3. The fourth-order valence-electron chi connectivity index (χ4n) is 3.54. The summed E-state index contributed by atoms with van der Waals surface area (Å²) in [5.74, 6) is -2.23. The Hall–Kier alpha value is -3.62. The Morgan fingerprint density at radius 1 is 1.00 bits per heavy atom. The number of aromatic nitrogens is 4. The molecule has 0 fully saturated rings. The molecule has 2 aromatic carbocycles. The first-order valence-corrected chi connectivity index (χ1v) is 9.67. The van der Waals surface area contributed by atoms with E-state index in [0.29, 0.717) is 11.6 Å². The van der Waals surface area contributed by atoms with Crippen molar-refractivity contribution in [2.75, 3.05) is 0 Å². The van der Waals surface area contributed by atoms with Gasteiger partial charge in [-0.15, -0.1) is 0 Å². The van der Waals surface area contributed by atoms with Gasteiger partial charge in [-0.1, -0.05) is 26.0 Å². The third-order valence-electron chi connectivity index (χ3n) is 4.84. The van der Waals surface area contributed by atoms with Gasteiger partial charge in [-0.2, -0.15) is 0 Å². The zero-order chi connectivity index (χ0) is 22.3. The molecule has 0 N–H and O–H groups in total. The van der Waals surface area contributed by atoms with Crippen molar-refractivity contribution >= 4 is 11.2 Å². The smallest absolute Gasteiger partial charge is 0.320 e. The molecule has 0 amide bonds. The van der Waals surface area contributed by atoms with Gasteiger partial charge in [0.15, 0.2) is 11.2 Å². The minimum absolute atomic E-state index is 0.0473. The van der Waals surface area contributed by atoms with Gasteiger partial charge in [0.05, 0.1) is 12.0 Å². The normalized spacial score (nSPS) is 11.5. The van der Waals surface area contributed by atoms with Gasteiger partial charge in [0.25, 0.3) is 5.56 Å². The maximum absolute atomic E-state index is 14.6. The van der Waals surface area contributed by atoms with E-state index in [1.54, 1.807) is 12.1 Å². The van der Waals surface area contributed by atoms with Crippen molar-refractivity contribution in [2.24, 2.45) is 5.92 Å². The first-order valence-electron chi connectivity index (χ1n) is 9.67. The lowest BCUT2D eigenvalue weighted by atomic mass is 10.2. The quantitative estimate of drug-likeness (QED) is 0.489. The van der Waals surface area contributed by atoms with Gasteiger partial charge in [0, 0.05) is 19.2 Å². The lowest BCUT2D eigenvalue weighted by Crippen LogP contribution is -2.41. The standard InChI is InChI=1S/C22H19F3N4O2/c1-13(2)10-28-21(30)19-20(26-12-27(19)11-14-4-3-5-15(23)8-14)29(22(28)31)18-7-6-16(24)9-17(18)25/h3-9,12-13H,10-11H2,1-2H3. The summed E-state index contributed by atoms with van der Waals surface area (Å²) in [5, 5.41) is 0. The van der Waals surface area contributed by atoms with Crippen LogP contribution in [0.25, 0.3) is 16.9 Å². The Bertz CT molecular complexity index is 1400. The summed E-state index contributed by atoms with van der Waals surface area (Å²) in [6.45, 7) is 3.89. The predicted molar refractivity (Wildman–Crippen MR) is 110 cm³/mol. The highest BCUT2D eigenvalue weighted by Crippen LogP contribution is 2.18. The molecule has 0 saturated carbocycles. The molecular formula is C22H19F3N4O2. The molecular weight excluding hydrogens is 409 g/mol. The highest BCUT2D eigenvalue weighted by molar-refractivity contribution is 5.72. The monoisotopic (exact) mass is 428 g/mol. The molecule has 0 aliphatic carbocycles. The summed E-state index contributed by atoms with van der Waals surface area (Å²) < 4.78 is 45.1. The van der Waals surface area contributed by atoms with Crippen LogP contribution in [0.3, 0.4) is 0 Å². The molecule has 160 valence electrons. The Morgan fingerprint density at radius 3 is 2.42 bits per heavy atom. The van der Waals surface area contributed by atoms with Crippen molar-refractivity contribution in [3.8, 4) is 5.69 Å². The topological polar surface area (TPSA) is 61.8 Å². The Morgan fingerprint density at radius 2 is 1.74 bits per heavy atom. The van der Waals surface area contributed by atoms with Crippen molar-refractivity contribution in [3.63, 3.8) is 0 Å². The summed E-state index contributed by atoms with van der Waals surface area (Å²) in [6, 6.07) is 8.69. The van der Waals surface area contributed by atoms with Gasteiger partial charge < -0.3 is 4.57 Å². The van der Waals surface area contributed by atoms with Crippen LogP contribution in [0.1, 0.15) is 19.4 Å². The molecule has 0 unspecified atom stereocenters. The zero-order valence-electron chi connectivity index (χ0n) is 16.8. The largest absolute Gasteiger partial charge is 0.337 e. The Kier molecular flexibility index (Phi) is 5.26. The summed E-state index contributed by atoms with van der Waals surface area (Å²) >= 11 is 0. The number of imidazole rings is 1. The molecule has 0 saturated heterocycles. The molecule has 9 heteroatoms. The number of nitrogens with zero attached hydrogens (tertiary/aromatic N) is 4. The van der Waals surface area contributed by atoms with Crippen LogP contribution in [0, 0.1) is 23.4 Å². The second-order valence-corrected chi connectivity index (χ2v) is 7.70. The van der Waals surface area contributed by atoms with Gasteiger partial charge in [0.1, 0.15) is 17.5 Å². The molecule has 2 heterocycles. The van der Waals surface area contributed by atoms with Crippen LogP contribution >= 0.6 is 0 Å². The molecule has 0 bridgehead atoms. The molecule has 6 nitrogen and oxygen atoms in total. The van der Waals surface area contributed by atoms with Crippen LogP contribution < -0.4 is 11.2 Å². The van der Waals surface area contributed by atoms with Crippen LogP contribution in [0.4, 0.5) is 13.2 Å². The van der Waals surface area contributed by atoms with E-state index in [1.807, 2.05) is 13.8 Å². The summed E-state index contributed by atoms with van der Waals surface area (Å²) in [4.78, 5) is 30.5. The molecule has 4 aromatic rings. The van der Waals surface area contributed by atoms with Crippen molar-refractivity contribution in [1.29, 1.82) is 0 Å². The van der Waals surface area contributed by atoms with Gasteiger partial charge >= 0.3 is 5.69 Å². The number of rotatable bonds is 5. The highest BCUT2D eigenvalue weighted by Gasteiger charge is 2.21. The Balaban J connectivity index is 2.02. The van der Waals surface area contributed by atoms with Crippen LogP contribution in [-0.4, -0.2) is 18.7 Å². The molecule has 4 rings (SSSR count). The number of fused-ring (bicyclic) bond motifs is 1. The molecule has 2 aromatic heterocycles. The van der Waals surface area contributed by atoms with Crippen molar-refractivity contribution in [2.45, 2.75) is 26.9 Å². The van der Waals surface area contributed by atoms with Crippen molar-refractivity contribution in [1.82, 2.24) is 18.7 Å². The highest BCUT2D eigenvalue weighted by atomic mass is 19.1. The summed E-state index contributed by atoms with van der Waals surface area (Å²) in [7, 11) is 0. The lowest BCUT2D eigenvalue weighted by molar-refractivity contribution is 0.486. The van der Waals surface area contributed by atoms with Crippen molar-refractivity contribution in [3.05, 3.63) is 92.6 Å². The van der Waals surface area contributed by atoms with Gasteiger partial charge in [0.2, 0.25) is 0 Å². The number of halogens is 3. The number of benzene rings is 2. The average Bonchev–Trinajstić information content (AvgIpc) is 3.10. The first kappa shape index (κ1) is 20.6. The van der Waals surface area contributed by atoms with E-state index in [4.69, 9.17) is 0 Å². The SMILES string of the molecule is CC(C)Cn1c(=O)c2c(ncn2Cc2cccc(F)c2)n(-c2ccc(F)cc2F)c1=O. The van der Waals surface area contributed by atoms with Gasteiger partial charge in [-0.3, -0.25) is 9.36 Å². The first-order chi connectivity index (χ1) is 14.8. The van der Waals surface area contributed by atoms with E-state index >= 15 is 0 Å². The van der Waals surface area contributed by atoms with Gasteiger partial charge in [-0.05, 0) is 35.7 Å². The van der Waals surface area contributed by atoms with Crippen LogP contribution in [0.5, 0.6) is 0 Å². The molecule has 0 aliphatic rings. The molecule has 0 spiro atoms. The minimum atomic E-state index is -0.960. The van der Waals surface area contributed by atoms with E-state index in [-0.39, 0.29) is 35.9 Å². The lowest BCUT2D eigenvalue weighted by Gasteiger charge is -2.14. The van der Waals surface area contributed by atoms with Crippen LogP contribution in [0.2, 0.25) is 0 Å². The Labute approximate surface area is 174 Å². The molecule has 0 atom stereocenters. The van der Waals surface area contributed by atoms with E-state index in [0.717, 1.165) is 21.3 Å². The average molecular weight is 428 g/mol. The third-order valence-corrected chi connectivity index (χ3v) is 4.84. The second-order valence-electron chi connectivity index (χ2n) is 7.70. The van der Waals surface area contributed by atoms with Crippen LogP contribution in [0.15, 0.2) is 58.4 Å². The van der Waals surface area contributed by atoms with E-state index in [2.05, 4.69) is 4.98 Å². The fourth-order valence-corrected chi connectivity index (χ4v) is 3.54. The number of hydrogen-bond donors (Lipinski definition) is 0. The summed E-state index contributed by atoms with van der Waals surface area (Å²) in [6.07, 6.45) is 1.34. The zero-order valence-corrected chi connectivity index (χ0v) is 16.8. The van der Waals surface area contributed by atoms with Crippen molar-refractivity contribution < 1.29 is 13.2 Å². The third kappa shape index (κ3) is 3.78. The van der Waals surface area contributed by atoms with Crippen LogP contribution in [-0.2, 0) is 13.1 Å². The minimum Gasteiger partial charge on any atom is -0.320 e. The molecule has 0 aliphatic heterocycles. The second kappa shape index (κ2) is 7.90. The molecule has 31 heavy (non-hydrogen) atoms.